The molecule has 0 fully saturated rings. The predicted octanol–water partition coefficient (Wildman–Crippen LogP) is 3.25. The monoisotopic (exact) mass is 261 g/mol. The lowest BCUT2D eigenvalue weighted by molar-refractivity contribution is -0.160. The number of ether oxygens (including phenoxy) is 1. The van der Waals surface area contributed by atoms with Gasteiger partial charge in [0, 0.05) is 11.0 Å². The Bertz CT molecular complexity index is 401. The molecule has 5 heteroatoms. The maximum atomic E-state index is 12.8. The van der Waals surface area contributed by atoms with Crippen molar-refractivity contribution in [2.24, 2.45) is 5.73 Å². The first-order chi connectivity index (χ1) is 8.21. The lowest BCUT2D eigenvalue weighted by Crippen LogP contribution is -2.51. The van der Waals surface area contributed by atoms with Crippen LogP contribution in [0.15, 0.2) is 24.3 Å². The molecule has 0 amide bonds. The third kappa shape index (κ3) is 2.96. The van der Waals surface area contributed by atoms with Gasteiger partial charge in [-0.3, -0.25) is 0 Å². The van der Waals surface area contributed by atoms with Gasteiger partial charge in [-0.05, 0) is 13.0 Å². The van der Waals surface area contributed by atoms with E-state index in [-0.39, 0.29) is 0 Å². The maximum absolute atomic E-state index is 12.8. The Balaban J connectivity index is 3.19. The van der Waals surface area contributed by atoms with E-state index in [0.29, 0.717) is 17.9 Å². The van der Waals surface area contributed by atoms with Crippen molar-refractivity contribution < 1.29 is 17.9 Å². The third-order valence-electron chi connectivity index (χ3n) is 3.01. The van der Waals surface area contributed by atoms with Crippen LogP contribution in [0.5, 0.6) is 5.75 Å². The van der Waals surface area contributed by atoms with Gasteiger partial charge >= 0.3 is 6.18 Å². The average molecular weight is 261 g/mol. The lowest BCUT2D eigenvalue weighted by atomic mass is 9.77. The molecule has 0 aromatic heterocycles. The standard InChI is InChI=1S/C13H18F3NO/c1-4-18-10-8-6-5-7-9(10)12(2,3)11(17)13(14,15)16/h5-8,11H,4,17H2,1-3H3. The molecule has 1 atom stereocenters. The molecule has 0 saturated heterocycles. The molecule has 0 aliphatic rings. The zero-order chi connectivity index (χ0) is 14.0. The molecule has 0 spiro atoms. The minimum absolute atomic E-state index is 0.397. The largest absolute Gasteiger partial charge is 0.494 e. The highest BCUT2D eigenvalue weighted by molar-refractivity contribution is 5.40. The zero-order valence-electron chi connectivity index (χ0n) is 10.7. The van der Waals surface area contributed by atoms with E-state index in [9.17, 15) is 13.2 Å². The number of alkyl halides is 3. The summed E-state index contributed by atoms with van der Waals surface area (Å²) in [6.07, 6.45) is -4.44. The minimum atomic E-state index is -4.44. The molecule has 0 aliphatic carbocycles. The zero-order valence-corrected chi connectivity index (χ0v) is 10.7. The quantitative estimate of drug-likeness (QED) is 0.903. The van der Waals surface area contributed by atoms with Crippen LogP contribution in [0.4, 0.5) is 13.2 Å². The summed E-state index contributed by atoms with van der Waals surface area (Å²) in [6, 6.07) is 4.75. The normalized spacial score (nSPS) is 14.4. The number of rotatable bonds is 4. The Kier molecular flexibility index (Phi) is 4.27. The first kappa shape index (κ1) is 14.8. The minimum Gasteiger partial charge on any atom is -0.494 e. The Morgan fingerprint density at radius 2 is 1.78 bits per heavy atom. The maximum Gasteiger partial charge on any atom is 0.404 e. The molecule has 18 heavy (non-hydrogen) atoms. The van der Waals surface area contributed by atoms with E-state index in [1.165, 1.54) is 13.8 Å². The van der Waals surface area contributed by atoms with E-state index in [4.69, 9.17) is 10.5 Å². The van der Waals surface area contributed by atoms with Crippen LogP contribution >= 0.6 is 0 Å². The van der Waals surface area contributed by atoms with Gasteiger partial charge in [0.25, 0.3) is 0 Å². The van der Waals surface area contributed by atoms with Gasteiger partial charge < -0.3 is 10.5 Å². The molecule has 0 bridgehead atoms. The van der Waals surface area contributed by atoms with Crippen molar-refractivity contribution in [2.75, 3.05) is 6.61 Å². The van der Waals surface area contributed by atoms with Gasteiger partial charge in [-0.15, -0.1) is 0 Å². The summed E-state index contributed by atoms with van der Waals surface area (Å²) in [4.78, 5) is 0. The van der Waals surface area contributed by atoms with Gasteiger partial charge in [0.05, 0.1) is 6.61 Å². The van der Waals surface area contributed by atoms with E-state index in [1.807, 2.05) is 0 Å². The second kappa shape index (κ2) is 5.18. The highest BCUT2D eigenvalue weighted by Gasteiger charge is 2.48. The average Bonchev–Trinajstić information content (AvgIpc) is 2.28. The molecule has 0 radical (unpaired) electrons. The summed E-state index contributed by atoms with van der Waals surface area (Å²) in [7, 11) is 0. The van der Waals surface area contributed by atoms with Crippen molar-refractivity contribution in [2.45, 2.75) is 38.4 Å². The van der Waals surface area contributed by atoms with Gasteiger partial charge in [0.15, 0.2) is 0 Å². The van der Waals surface area contributed by atoms with Crippen LogP contribution in [0, 0.1) is 0 Å². The molecule has 1 aromatic carbocycles. The van der Waals surface area contributed by atoms with Crippen LogP contribution in [0.3, 0.4) is 0 Å². The van der Waals surface area contributed by atoms with Crippen molar-refractivity contribution in [1.29, 1.82) is 0 Å². The number of benzene rings is 1. The summed E-state index contributed by atoms with van der Waals surface area (Å²) < 4.78 is 43.7. The molecule has 0 aliphatic heterocycles. The second-order valence-electron chi connectivity index (χ2n) is 4.67. The fourth-order valence-corrected chi connectivity index (χ4v) is 1.86. The van der Waals surface area contributed by atoms with Crippen LogP contribution < -0.4 is 10.5 Å². The smallest absolute Gasteiger partial charge is 0.404 e. The number of para-hydroxylation sites is 1. The van der Waals surface area contributed by atoms with Gasteiger partial charge in [-0.1, -0.05) is 32.0 Å². The summed E-state index contributed by atoms with van der Waals surface area (Å²) in [6.45, 7) is 5.13. The highest BCUT2D eigenvalue weighted by atomic mass is 19.4. The third-order valence-corrected chi connectivity index (χ3v) is 3.01. The summed E-state index contributed by atoms with van der Waals surface area (Å²) in [5.41, 5.74) is 4.57. The van der Waals surface area contributed by atoms with Crippen LogP contribution in [0.25, 0.3) is 0 Å². The Labute approximate surface area is 105 Å². The number of nitrogens with two attached hydrogens (primary N) is 1. The molecule has 2 nitrogen and oxygen atoms in total. The van der Waals surface area contributed by atoms with E-state index < -0.39 is 17.6 Å². The molecule has 1 rings (SSSR count). The molecule has 0 saturated carbocycles. The molecule has 102 valence electrons. The fourth-order valence-electron chi connectivity index (χ4n) is 1.86. The van der Waals surface area contributed by atoms with Crippen LogP contribution in [0.2, 0.25) is 0 Å². The highest BCUT2D eigenvalue weighted by Crippen LogP contribution is 2.39. The summed E-state index contributed by atoms with van der Waals surface area (Å²) in [5, 5.41) is 0. The van der Waals surface area contributed by atoms with Crippen molar-refractivity contribution in [3.05, 3.63) is 29.8 Å². The number of hydrogen-bond acceptors (Lipinski definition) is 2. The topological polar surface area (TPSA) is 35.2 Å². The second-order valence-corrected chi connectivity index (χ2v) is 4.67. The van der Waals surface area contributed by atoms with Gasteiger partial charge in [-0.25, -0.2) is 0 Å². The van der Waals surface area contributed by atoms with E-state index in [1.54, 1.807) is 31.2 Å². The first-order valence-corrected chi connectivity index (χ1v) is 5.75. The van der Waals surface area contributed by atoms with Crippen molar-refractivity contribution in [1.82, 2.24) is 0 Å². The van der Waals surface area contributed by atoms with Crippen molar-refractivity contribution in [3.63, 3.8) is 0 Å². The summed E-state index contributed by atoms with van der Waals surface area (Å²) in [5.74, 6) is 0.449. The van der Waals surface area contributed by atoms with Crippen LogP contribution in [-0.4, -0.2) is 18.8 Å². The van der Waals surface area contributed by atoms with Crippen LogP contribution in [-0.2, 0) is 5.41 Å². The van der Waals surface area contributed by atoms with Crippen molar-refractivity contribution in [3.8, 4) is 5.75 Å². The molecular weight excluding hydrogens is 243 g/mol. The fraction of sp³-hybridized carbons (Fsp3) is 0.538. The predicted molar refractivity (Wildman–Crippen MR) is 64.7 cm³/mol. The molecule has 1 aromatic rings. The van der Waals surface area contributed by atoms with E-state index in [2.05, 4.69) is 0 Å². The Morgan fingerprint density at radius 3 is 2.28 bits per heavy atom. The van der Waals surface area contributed by atoms with Gasteiger partial charge in [0.2, 0.25) is 0 Å². The Morgan fingerprint density at radius 1 is 1.22 bits per heavy atom. The van der Waals surface area contributed by atoms with Crippen molar-refractivity contribution >= 4 is 0 Å². The lowest BCUT2D eigenvalue weighted by Gasteiger charge is -2.34. The first-order valence-electron chi connectivity index (χ1n) is 5.75. The van der Waals surface area contributed by atoms with Gasteiger partial charge in [0.1, 0.15) is 11.8 Å². The summed E-state index contributed by atoms with van der Waals surface area (Å²) >= 11 is 0. The molecule has 2 N–H and O–H groups in total. The molecular formula is C13H18F3NO. The SMILES string of the molecule is CCOc1ccccc1C(C)(C)C(N)C(F)(F)F. The molecule has 0 heterocycles. The van der Waals surface area contributed by atoms with E-state index in [0.717, 1.165) is 0 Å². The van der Waals surface area contributed by atoms with Crippen LogP contribution in [0.1, 0.15) is 26.3 Å². The van der Waals surface area contributed by atoms with E-state index >= 15 is 0 Å². The number of hydrogen-bond donors (Lipinski definition) is 1. The molecule has 1 unspecified atom stereocenters. The Hall–Kier alpha value is -1.23. The van der Waals surface area contributed by atoms with Gasteiger partial charge in [-0.2, -0.15) is 13.2 Å². The number of halogens is 3.